The molecule has 1 aromatic carbocycles. The second-order valence-corrected chi connectivity index (χ2v) is 9.66. The third-order valence-electron chi connectivity index (χ3n) is 6.87. The van der Waals surface area contributed by atoms with Crippen LogP contribution in [0, 0.1) is 11.6 Å². The lowest BCUT2D eigenvalue weighted by molar-refractivity contribution is 0.00396. The maximum atomic E-state index is 14.9. The Hall–Kier alpha value is -3.40. The Kier molecular flexibility index (Phi) is 5.28. The normalized spacial score (nSPS) is 20.5. The van der Waals surface area contributed by atoms with Gasteiger partial charge in [0.05, 0.1) is 18.3 Å². The van der Waals surface area contributed by atoms with Gasteiger partial charge in [0, 0.05) is 57.1 Å². The summed E-state index contributed by atoms with van der Waals surface area (Å²) in [5.41, 5.74) is 2.79. The number of anilines is 1. The van der Waals surface area contributed by atoms with Crippen LogP contribution in [0.5, 0.6) is 0 Å². The molecule has 0 radical (unpaired) electrons. The fourth-order valence-corrected chi connectivity index (χ4v) is 4.89. The van der Waals surface area contributed by atoms with Crippen LogP contribution in [0.2, 0.25) is 0 Å². The van der Waals surface area contributed by atoms with Gasteiger partial charge in [-0.1, -0.05) is 0 Å². The van der Waals surface area contributed by atoms with E-state index in [1.807, 2.05) is 41.5 Å². The van der Waals surface area contributed by atoms with Gasteiger partial charge in [-0.2, -0.15) is 10.1 Å². The first-order valence-electron chi connectivity index (χ1n) is 11.9. The molecule has 1 saturated carbocycles. The molecule has 6 rings (SSSR count). The quantitative estimate of drug-likeness (QED) is 0.418. The molecule has 2 atom stereocenters. The first-order valence-corrected chi connectivity index (χ1v) is 11.9. The zero-order chi connectivity index (χ0) is 24.3. The number of aromatic nitrogens is 6. The number of nitrogens with zero attached hydrogens (tertiary/aromatic N) is 7. The highest BCUT2D eigenvalue weighted by Gasteiger charge is 2.31. The first-order chi connectivity index (χ1) is 16.9. The average molecular weight is 480 g/mol. The fraction of sp³-hybridized carbons (Fsp3) is 0.440. The van der Waals surface area contributed by atoms with E-state index in [2.05, 4.69) is 11.3 Å². The molecular weight excluding hydrogens is 452 g/mol. The fourth-order valence-electron chi connectivity index (χ4n) is 4.89. The van der Waals surface area contributed by atoms with E-state index < -0.39 is 11.6 Å². The van der Waals surface area contributed by atoms with Crippen molar-refractivity contribution in [2.45, 2.75) is 43.7 Å². The van der Waals surface area contributed by atoms with Crippen molar-refractivity contribution in [3.05, 3.63) is 53.6 Å². The molecule has 1 saturated heterocycles. The lowest BCUT2D eigenvalue weighted by Crippen LogP contribution is -2.20. The van der Waals surface area contributed by atoms with Crippen molar-refractivity contribution in [1.82, 2.24) is 29.3 Å². The topological polar surface area (TPSA) is 73.9 Å². The van der Waals surface area contributed by atoms with E-state index in [-0.39, 0.29) is 17.6 Å². The molecule has 2 fully saturated rings. The van der Waals surface area contributed by atoms with Crippen LogP contribution in [-0.2, 0) is 11.8 Å². The number of rotatable bonds is 5. The van der Waals surface area contributed by atoms with E-state index in [9.17, 15) is 8.78 Å². The van der Waals surface area contributed by atoms with Crippen molar-refractivity contribution in [3.8, 4) is 11.3 Å². The Bertz CT molecular complexity index is 1410. The third-order valence-corrected chi connectivity index (χ3v) is 6.87. The molecule has 1 unspecified atom stereocenters. The molecule has 0 N–H and O–H groups in total. The SMILES string of the molecule is CN(C)c1nc2nc([C@H]3CCOC(c4cnn(C5CC5)c4)C3)nc(-c3ccc(F)cc3F)c2n1C. The molecule has 10 heteroatoms. The van der Waals surface area contributed by atoms with Gasteiger partial charge in [0.2, 0.25) is 5.95 Å². The summed E-state index contributed by atoms with van der Waals surface area (Å²) in [5.74, 6) is -0.0137. The lowest BCUT2D eigenvalue weighted by atomic mass is 9.92. The van der Waals surface area contributed by atoms with E-state index in [1.54, 1.807) is 0 Å². The van der Waals surface area contributed by atoms with Crippen LogP contribution < -0.4 is 4.90 Å². The van der Waals surface area contributed by atoms with Crippen LogP contribution in [0.3, 0.4) is 0 Å². The largest absolute Gasteiger partial charge is 0.373 e. The van der Waals surface area contributed by atoms with Gasteiger partial charge >= 0.3 is 0 Å². The summed E-state index contributed by atoms with van der Waals surface area (Å²) in [6.07, 6.45) is 7.65. The predicted molar refractivity (Wildman–Crippen MR) is 127 cm³/mol. The molecule has 8 nitrogen and oxygen atoms in total. The number of benzene rings is 1. The van der Waals surface area contributed by atoms with Gasteiger partial charge in [-0.05, 0) is 37.8 Å². The summed E-state index contributed by atoms with van der Waals surface area (Å²) in [5, 5.41) is 4.51. The van der Waals surface area contributed by atoms with Crippen molar-refractivity contribution in [2.75, 3.05) is 25.6 Å². The smallest absolute Gasteiger partial charge is 0.207 e. The molecule has 1 aliphatic carbocycles. The van der Waals surface area contributed by atoms with Gasteiger partial charge in [-0.3, -0.25) is 4.68 Å². The summed E-state index contributed by atoms with van der Waals surface area (Å²) in [7, 11) is 5.62. The van der Waals surface area contributed by atoms with E-state index in [0.29, 0.717) is 47.7 Å². The number of hydrogen-bond acceptors (Lipinski definition) is 6. The molecule has 0 amide bonds. The maximum Gasteiger partial charge on any atom is 0.207 e. The van der Waals surface area contributed by atoms with Crippen molar-refractivity contribution in [2.24, 2.45) is 7.05 Å². The predicted octanol–water partition coefficient (Wildman–Crippen LogP) is 4.54. The molecule has 0 spiro atoms. The van der Waals surface area contributed by atoms with E-state index in [1.165, 1.54) is 25.0 Å². The second kappa shape index (κ2) is 8.37. The third kappa shape index (κ3) is 3.95. The highest BCUT2D eigenvalue weighted by atomic mass is 19.1. The molecule has 35 heavy (non-hydrogen) atoms. The van der Waals surface area contributed by atoms with Crippen molar-refractivity contribution >= 4 is 17.1 Å². The molecule has 2 aliphatic rings. The lowest BCUT2D eigenvalue weighted by Gasteiger charge is -2.28. The zero-order valence-electron chi connectivity index (χ0n) is 19.9. The van der Waals surface area contributed by atoms with E-state index in [0.717, 1.165) is 18.1 Å². The monoisotopic (exact) mass is 479 g/mol. The highest BCUT2D eigenvalue weighted by Crippen LogP contribution is 2.40. The highest BCUT2D eigenvalue weighted by molar-refractivity contribution is 5.89. The Morgan fingerprint density at radius 1 is 1.09 bits per heavy atom. The first kappa shape index (κ1) is 22.1. The van der Waals surface area contributed by atoms with Crippen LogP contribution in [0.4, 0.5) is 14.7 Å². The number of halogens is 2. The number of imidazole rings is 1. The summed E-state index contributed by atoms with van der Waals surface area (Å²) in [6, 6.07) is 4.07. The van der Waals surface area contributed by atoms with Crippen LogP contribution in [0.1, 0.15) is 55.1 Å². The van der Waals surface area contributed by atoms with Gasteiger partial charge in [0.25, 0.3) is 0 Å². The Balaban J connectivity index is 1.42. The van der Waals surface area contributed by atoms with Gasteiger partial charge in [-0.25, -0.2) is 18.7 Å². The van der Waals surface area contributed by atoms with Gasteiger partial charge in [-0.15, -0.1) is 0 Å². The molecule has 3 aromatic heterocycles. The van der Waals surface area contributed by atoms with Gasteiger partial charge in [0.15, 0.2) is 5.65 Å². The Morgan fingerprint density at radius 3 is 2.66 bits per heavy atom. The van der Waals surface area contributed by atoms with Crippen LogP contribution >= 0.6 is 0 Å². The number of ether oxygens (including phenoxy) is 1. The van der Waals surface area contributed by atoms with E-state index >= 15 is 0 Å². The zero-order valence-corrected chi connectivity index (χ0v) is 19.9. The summed E-state index contributed by atoms with van der Waals surface area (Å²) >= 11 is 0. The minimum atomic E-state index is -0.666. The maximum absolute atomic E-state index is 14.9. The Morgan fingerprint density at radius 2 is 1.91 bits per heavy atom. The van der Waals surface area contributed by atoms with Crippen molar-refractivity contribution in [1.29, 1.82) is 0 Å². The number of fused-ring (bicyclic) bond motifs is 1. The average Bonchev–Trinajstić information content (AvgIpc) is 3.47. The molecule has 4 aromatic rings. The molecule has 182 valence electrons. The van der Waals surface area contributed by atoms with Crippen LogP contribution in [0.25, 0.3) is 22.4 Å². The minimum Gasteiger partial charge on any atom is -0.373 e. The summed E-state index contributed by atoms with van der Waals surface area (Å²) in [4.78, 5) is 16.3. The number of aryl methyl sites for hydroxylation is 1. The van der Waals surface area contributed by atoms with Gasteiger partial charge < -0.3 is 14.2 Å². The molecule has 1 aliphatic heterocycles. The van der Waals surface area contributed by atoms with Gasteiger partial charge in [0.1, 0.15) is 28.7 Å². The second-order valence-electron chi connectivity index (χ2n) is 9.66. The van der Waals surface area contributed by atoms with Crippen molar-refractivity contribution in [3.63, 3.8) is 0 Å². The van der Waals surface area contributed by atoms with E-state index in [4.69, 9.17) is 19.7 Å². The van der Waals surface area contributed by atoms with Crippen molar-refractivity contribution < 1.29 is 13.5 Å². The molecule has 0 bridgehead atoms. The van der Waals surface area contributed by atoms with Crippen LogP contribution in [0.15, 0.2) is 30.6 Å². The summed E-state index contributed by atoms with van der Waals surface area (Å²) in [6.45, 7) is 0.566. The van der Waals surface area contributed by atoms with Crippen LogP contribution in [-0.4, -0.2) is 50.0 Å². The standard InChI is InChI=1S/C25H27F2N7O/c1-32(2)25-31-24-22(33(25)3)21(18-7-4-16(26)11-19(18)27)29-23(30-24)14-8-9-35-20(10-14)15-12-28-34(13-15)17-5-6-17/h4,7,11-14,17,20H,5-6,8-10H2,1-3H3/t14-,20?/m0/s1. The summed E-state index contributed by atoms with van der Waals surface area (Å²) < 4.78 is 38.5. The minimum absolute atomic E-state index is 0.00879. The molecular formula is C25H27F2N7O. The Labute approximate surface area is 201 Å². The molecule has 4 heterocycles. The number of hydrogen-bond donors (Lipinski definition) is 0.